The van der Waals surface area contributed by atoms with Crippen LogP contribution in [0.1, 0.15) is 12.5 Å². The molecule has 0 spiro atoms. The molecule has 3 nitrogen and oxygen atoms in total. The second kappa shape index (κ2) is 4.67. The Morgan fingerprint density at radius 3 is 2.35 bits per heavy atom. The molecule has 1 N–H and O–H groups in total. The van der Waals surface area contributed by atoms with Crippen molar-refractivity contribution >= 4 is 5.69 Å². The molecule has 1 heterocycles. The Labute approximate surface area is 101 Å². The average molecular weight is 223 g/mol. The van der Waals surface area contributed by atoms with E-state index in [0.717, 1.165) is 11.3 Å². The quantitative estimate of drug-likeness (QED) is 0.870. The van der Waals surface area contributed by atoms with Crippen molar-refractivity contribution in [1.29, 1.82) is 5.26 Å². The summed E-state index contributed by atoms with van der Waals surface area (Å²) in [6.07, 6.45) is 3.38. The standard InChI is InChI=1S/C14H13N3/c1-14(11-15,12-7-9-16-10-8-12)17-13-5-3-2-4-6-13/h2-10,17H,1H3/t14-/m1/s1. The lowest BCUT2D eigenvalue weighted by molar-refractivity contribution is 0.705. The van der Waals surface area contributed by atoms with Crippen LogP contribution >= 0.6 is 0 Å². The predicted molar refractivity (Wildman–Crippen MR) is 67.3 cm³/mol. The van der Waals surface area contributed by atoms with E-state index in [9.17, 15) is 5.26 Å². The molecule has 2 rings (SSSR count). The van der Waals surface area contributed by atoms with Crippen molar-refractivity contribution in [1.82, 2.24) is 4.98 Å². The van der Waals surface area contributed by atoms with Crippen LogP contribution in [0.3, 0.4) is 0 Å². The molecule has 3 heteroatoms. The van der Waals surface area contributed by atoms with Gasteiger partial charge in [-0.05, 0) is 36.8 Å². The van der Waals surface area contributed by atoms with Gasteiger partial charge in [0.1, 0.15) is 5.54 Å². The summed E-state index contributed by atoms with van der Waals surface area (Å²) in [4.78, 5) is 3.96. The van der Waals surface area contributed by atoms with Gasteiger partial charge in [0.2, 0.25) is 0 Å². The summed E-state index contributed by atoms with van der Waals surface area (Å²) >= 11 is 0. The van der Waals surface area contributed by atoms with E-state index in [4.69, 9.17) is 0 Å². The zero-order valence-electron chi connectivity index (χ0n) is 9.59. The largest absolute Gasteiger partial charge is 0.364 e. The third-order valence-electron chi connectivity index (χ3n) is 2.65. The Hall–Kier alpha value is -2.34. The van der Waals surface area contributed by atoms with Gasteiger partial charge in [-0.15, -0.1) is 0 Å². The van der Waals surface area contributed by atoms with E-state index in [1.165, 1.54) is 0 Å². The number of nitrogens with zero attached hydrogens (tertiary/aromatic N) is 2. The number of rotatable bonds is 3. The van der Waals surface area contributed by atoms with Crippen molar-refractivity contribution in [2.75, 3.05) is 5.32 Å². The van der Waals surface area contributed by atoms with Gasteiger partial charge in [-0.1, -0.05) is 18.2 Å². The van der Waals surface area contributed by atoms with E-state index in [1.54, 1.807) is 12.4 Å². The minimum absolute atomic E-state index is 0.746. The topological polar surface area (TPSA) is 48.7 Å². The molecule has 2 aromatic rings. The number of nitriles is 1. The molecule has 1 atom stereocenters. The zero-order valence-corrected chi connectivity index (χ0v) is 9.59. The maximum atomic E-state index is 9.37. The van der Waals surface area contributed by atoms with Gasteiger partial charge in [0.15, 0.2) is 0 Å². The molecule has 1 aromatic carbocycles. The van der Waals surface area contributed by atoms with Gasteiger partial charge in [0, 0.05) is 18.1 Å². The lowest BCUT2D eigenvalue weighted by Crippen LogP contribution is -2.29. The summed E-state index contributed by atoms with van der Waals surface area (Å²) in [5.41, 5.74) is 1.08. The second-order valence-corrected chi connectivity index (χ2v) is 3.96. The molecule has 0 amide bonds. The first-order valence-corrected chi connectivity index (χ1v) is 5.39. The third kappa shape index (κ3) is 2.43. The molecule has 0 unspecified atom stereocenters. The highest BCUT2D eigenvalue weighted by atomic mass is 15.0. The van der Waals surface area contributed by atoms with Gasteiger partial charge < -0.3 is 5.32 Å². The van der Waals surface area contributed by atoms with Crippen molar-refractivity contribution in [3.8, 4) is 6.07 Å². The number of pyridine rings is 1. The predicted octanol–water partition coefficient (Wildman–Crippen LogP) is 2.93. The summed E-state index contributed by atoms with van der Waals surface area (Å²) in [5, 5.41) is 12.6. The highest BCUT2D eigenvalue weighted by Gasteiger charge is 2.25. The normalized spacial score (nSPS) is 13.4. The minimum atomic E-state index is -0.746. The van der Waals surface area contributed by atoms with Crippen LogP contribution < -0.4 is 5.32 Å². The first-order chi connectivity index (χ1) is 8.24. The lowest BCUT2D eigenvalue weighted by Gasteiger charge is -2.24. The molecule has 0 saturated carbocycles. The van der Waals surface area contributed by atoms with Crippen molar-refractivity contribution in [2.45, 2.75) is 12.5 Å². The highest BCUT2D eigenvalue weighted by molar-refractivity contribution is 5.50. The maximum Gasteiger partial charge on any atom is 0.148 e. The molecule has 84 valence electrons. The molecular weight excluding hydrogens is 210 g/mol. The number of hydrogen-bond donors (Lipinski definition) is 1. The summed E-state index contributed by atoms with van der Waals surface area (Å²) < 4.78 is 0. The molecular formula is C14H13N3. The summed E-state index contributed by atoms with van der Waals surface area (Å²) in [6.45, 7) is 1.86. The van der Waals surface area contributed by atoms with E-state index in [2.05, 4.69) is 16.4 Å². The van der Waals surface area contributed by atoms with Gasteiger partial charge >= 0.3 is 0 Å². The number of para-hydroxylation sites is 1. The molecule has 0 aliphatic heterocycles. The van der Waals surface area contributed by atoms with Crippen molar-refractivity contribution in [3.63, 3.8) is 0 Å². The fourth-order valence-corrected chi connectivity index (χ4v) is 1.66. The first kappa shape index (κ1) is 11.2. The Kier molecular flexibility index (Phi) is 3.06. The third-order valence-corrected chi connectivity index (χ3v) is 2.65. The van der Waals surface area contributed by atoms with E-state index in [0.29, 0.717) is 0 Å². The van der Waals surface area contributed by atoms with E-state index in [-0.39, 0.29) is 0 Å². The Morgan fingerprint density at radius 1 is 1.12 bits per heavy atom. The molecule has 0 aliphatic rings. The SMILES string of the molecule is C[C@](C#N)(Nc1ccccc1)c1ccncc1. The molecule has 1 aromatic heterocycles. The van der Waals surface area contributed by atoms with Crippen LogP contribution in [0, 0.1) is 11.3 Å². The van der Waals surface area contributed by atoms with Gasteiger partial charge in [0.05, 0.1) is 6.07 Å². The Balaban J connectivity index is 2.31. The lowest BCUT2D eigenvalue weighted by atomic mass is 9.94. The van der Waals surface area contributed by atoms with E-state index < -0.39 is 5.54 Å². The zero-order chi connectivity index (χ0) is 12.1. The van der Waals surface area contributed by atoms with Gasteiger partial charge in [-0.25, -0.2) is 0 Å². The fraction of sp³-hybridized carbons (Fsp3) is 0.143. The molecule has 0 aliphatic carbocycles. The van der Waals surface area contributed by atoms with E-state index in [1.807, 2.05) is 49.4 Å². The van der Waals surface area contributed by atoms with Crippen LogP contribution in [-0.2, 0) is 5.54 Å². The summed E-state index contributed by atoms with van der Waals surface area (Å²) in [5.74, 6) is 0. The number of hydrogen-bond acceptors (Lipinski definition) is 3. The van der Waals surface area contributed by atoms with Crippen LogP contribution in [0.2, 0.25) is 0 Å². The van der Waals surface area contributed by atoms with Gasteiger partial charge in [-0.2, -0.15) is 5.26 Å². The number of nitrogens with one attached hydrogen (secondary N) is 1. The van der Waals surface area contributed by atoms with E-state index >= 15 is 0 Å². The fourth-order valence-electron chi connectivity index (χ4n) is 1.66. The minimum Gasteiger partial charge on any atom is -0.364 e. The number of aromatic nitrogens is 1. The average Bonchev–Trinajstić information content (AvgIpc) is 2.41. The molecule has 0 bridgehead atoms. The Morgan fingerprint density at radius 2 is 1.76 bits per heavy atom. The monoisotopic (exact) mass is 223 g/mol. The Bertz CT molecular complexity index is 516. The van der Waals surface area contributed by atoms with Crippen molar-refractivity contribution < 1.29 is 0 Å². The van der Waals surface area contributed by atoms with Crippen LogP contribution in [0.25, 0.3) is 0 Å². The second-order valence-electron chi connectivity index (χ2n) is 3.96. The molecule has 17 heavy (non-hydrogen) atoms. The molecule has 0 radical (unpaired) electrons. The van der Waals surface area contributed by atoms with Crippen LogP contribution in [0.15, 0.2) is 54.9 Å². The first-order valence-electron chi connectivity index (χ1n) is 5.39. The smallest absolute Gasteiger partial charge is 0.148 e. The summed E-state index contributed by atoms with van der Waals surface area (Å²) in [6, 6.07) is 15.7. The van der Waals surface area contributed by atoms with Gasteiger partial charge in [0.25, 0.3) is 0 Å². The molecule has 0 saturated heterocycles. The summed E-state index contributed by atoms with van der Waals surface area (Å²) in [7, 11) is 0. The highest BCUT2D eigenvalue weighted by Crippen LogP contribution is 2.24. The molecule has 0 fully saturated rings. The van der Waals surface area contributed by atoms with Crippen molar-refractivity contribution in [3.05, 3.63) is 60.4 Å². The van der Waals surface area contributed by atoms with Crippen LogP contribution in [0.4, 0.5) is 5.69 Å². The maximum absolute atomic E-state index is 9.37. The number of benzene rings is 1. The van der Waals surface area contributed by atoms with Crippen molar-refractivity contribution in [2.24, 2.45) is 0 Å². The van der Waals surface area contributed by atoms with Gasteiger partial charge in [-0.3, -0.25) is 4.98 Å². The van der Waals surface area contributed by atoms with Crippen LogP contribution in [-0.4, -0.2) is 4.98 Å². The number of anilines is 1. The van der Waals surface area contributed by atoms with Crippen LogP contribution in [0.5, 0.6) is 0 Å².